The van der Waals surface area contributed by atoms with Crippen molar-refractivity contribution in [2.24, 2.45) is 0 Å². The summed E-state index contributed by atoms with van der Waals surface area (Å²) >= 11 is 0. The van der Waals surface area contributed by atoms with Gasteiger partial charge in [-0.05, 0) is 19.4 Å². The van der Waals surface area contributed by atoms with Crippen molar-refractivity contribution in [3.05, 3.63) is 30.1 Å². The summed E-state index contributed by atoms with van der Waals surface area (Å²) in [4.78, 5) is 17.3. The number of carbonyl (C=O) groups excluding carboxylic acids is 1. The van der Waals surface area contributed by atoms with E-state index in [0.29, 0.717) is 18.7 Å². The molecule has 0 saturated heterocycles. The molecule has 0 aliphatic heterocycles. The number of carbonyl (C=O) groups is 1. The molecule has 0 bridgehead atoms. The SMILES string of the molecule is CCCCCC(=O)c1cccc[n+]1OCC. The molecular formula is C13H20NO2+. The highest BCUT2D eigenvalue weighted by Crippen LogP contribution is 2.04. The van der Waals surface area contributed by atoms with E-state index in [2.05, 4.69) is 6.92 Å². The third-order valence-corrected chi connectivity index (χ3v) is 2.39. The molecular weight excluding hydrogens is 202 g/mol. The molecule has 1 rings (SSSR count). The maximum absolute atomic E-state index is 11.9. The van der Waals surface area contributed by atoms with E-state index in [4.69, 9.17) is 4.84 Å². The Labute approximate surface area is 97.0 Å². The highest BCUT2D eigenvalue weighted by molar-refractivity contribution is 5.92. The van der Waals surface area contributed by atoms with E-state index >= 15 is 0 Å². The highest BCUT2D eigenvalue weighted by Gasteiger charge is 2.19. The molecule has 1 aromatic rings. The van der Waals surface area contributed by atoms with Crippen molar-refractivity contribution in [2.45, 2.75) is 39.5 Å². The van der Waals surface area contributed by atoms with Crippen LogP contribution in [0.3, 0.4) is 0 Å². The lowest BCUT2D eigenvalue weighted by atomic mass is 10.1. The van der Waals surface area contributed by atoms with Gasteiger partial charge in [0.15, 0.2) is 6.61 Å². The molecule has 1 heterocycles. The summed E-state index contributed by atoms with van der Waals surface area (Å²) in [6.07, 6.45) is 5.57. The van der Waals surface area contributed by atoms with E-state index < -0.39 is 0 Å². The van der Waals surface area contributed by atoms with Crippen molar-refractivity contribution >= 4 is 5.78 Å². The van der Waals surface area contributed by atoms with Crippen molar-refractivity contribution in [2.75, 3.05) is 6.61 Å². The molecule has 3 nitrogen and oxygen atoms in total. The zero-order chi connectivity index (χ0) is 11.8. The maximum atomic E-state index is 11.9. The van der Waals surface area contributed by atoms with E-state index in [0.717, 1.165) is 19.3 Å². The standard InChI is InChI=1S/C13H20NO2/c1-3-5-6-10-13(15)12-9-7-8-11-14(12)16-4-2/h7-9,11H,3-6,10H2,1-2H3/q+1. The molecule has 0 unspecified atom stereocenters. The summed E-state index contributed by atoms with van der Waals surface area (Å²) in [5.74, 6) is 0.155. The molecule has 0 aromatic carbocycles. The first-order valence-corrected chi connectivity index (χ1v) is 5.96. The minimum atomic E-state index is 0.155. The van der Waals surface area contributed by atoms with Crippen molar-refractivity contribution in [1.29, 1.82) is 0 Å². The average Bonchev–Trinajstić information content (AvgIpc) is 2.30. The number of unbranched alkanes of at least 4 members (excludes halogenated alkanes) is 2. The van der Waals surface area contributed by atoms with Gasteiger partial charge in [0.1, 0.15) is 0 Å². The van der Waals surface area contributed by atoms with Crippen molar-refractivity contribution in [1.82, 2.24) is 0 Å². The van der Waals surface area contributed by atoms with Crippen LogP contribution in [0.15, 0.2) is 24.4 Å². The van der Waals surface area contributed by atoms with Gasteiger partial charge in [-0.2, -0.15) is 0 Å². The molecule has 0 amide bonds. The van der Waals surface area contributed by atoms with Crippen LogP contribution < -0.4 is 9.57 Å². The Bertz CT molecular complexity index is 336. The Morgan fingerprint density at radius 1 is 1.31 bits per heavy atom. The summed E-state index contributed by atoms with van der Waals surface area (Å²) < 4.78 is 1.56. The molecule has 0 radical (unpaired) electrons. The third kappa shape index (κ3) is 3.65. The van der Waals surface area contributed by atoms with Crippen LogP contribution in [-0.4, -0.2) is 12.4 Å². The van der Waals surface area contributed by atoms with Gasteiger partial charge in [-0.3, -0.25) is 9.63 Å². The minimum absolute atomic E-state index is 0.155. The van der Waals surface area contributed by atoms with Crippen LogP contribution in [-0.2, 0) is 0 Å². The summed E-state index contributed by atoms with van der Waals surface area (Å²) in [6.45, 7) is 4.60. The molecule has 88 valence electrons. The molecule has 0 aliphatic rings. The predicted molar refractivity (Wildman–Crippen MR) is 62.2 cm³/mol. The molecule has 0 fully saturated rings. The van der Waals surface area contributed by atoms with Crippen LogP contribution >= 0.6 is 0 Å². The lowest BCUT2D eigenvalue weighted by Gasteiger charge is -2.00. The second-order valence-electron chi connectivity index (χ2n) is 3.71. The Morgan fingerprint density at radius 2 is 2.12 bits per heavy atom. The largest absolute Gasteiger partial charge is 0.300 e. The van der Waals surface area contributed by atoms with Crippen LogP contribution in [0, 0.1) is 0 Å². The summed E-state index contributed by atoms with van der Waals surface area (Å²) in [5, 5.41) is 0. The van der Waals surface area contributed by atoms with Crippen molar-refractivity contribution < 1.29 is 14.4 Å². The normalized spacial score (nSPS) is 10.1. The van der Waals surface area contributed by atoms with Gasteiger partial charge < -0.3 is 0 Å². The zero-order valence-corrected chi connectivity index (χ0v) is 10.1. The lowest BCUT2D eigenvalue weighted by molar-refractivity contribution is -0.892. The van der Waals surface area contributed by atoms with Gasteiger partial charge in [-0.15, -0.1) is 0 Å². The first-order chi connectivity index (χ1) is 7.79. The van der Waals surface area contributed by atoms with Gasteiger partial charge in [0, 0.05) is 23.3 Å². The number of aromatic nitrogens is 1. The number of hydrogen-bond donors (Lipinski definition) is 0. The summed E-state index contributed by atoms with van der Waals surface area (Å²) in [7, 11) is 0. The van der Waals surface area contributed by atoms with Gasteiger partial charge in [-0.1, -0.05) is 19.8 Å². The second-order valence-corrected chi connectivity index (χ2v) is 3.71. The number of hydrogen-bond acceptors (Lipinski definition) is 2. The highest BCUT2D eigenvalue weighted by atomic mass is 16.7. The second kappa shape index (κ2) is 6.99. The van der Waals surface area contributed by atoms with Gasteiger partial charge >= 0.3 is 0 Å². The fourth-order valence-corrected chi connectivity index (χ4v) is 1.56. The van der Waals surface area contributed by atoms with Crippen molar-refractivity contribution in [3.63, 3.8) is 0 Å². The Kier molecular flexibility index (Phi) is 5.54. The molecule has 3 heteroatoms. The quantitative estimate of drug-likeness (QED) is 0.402. The van der Waals surface area contributed by atoms with Gasteiger partial charge in [0.05, 0.1) is 0 Å². The topological polar surface area (TPSA) is 30.2 Å². The Balaban J connectivity index is 2.66. The van der Waals surface area contributed by atoms with E-state index in [-0.39, 0.29) is 5.78 Å². The third-order valence-electron chi connectivity index (χ3n) is 2.39. The molecule has 16 heavy (non-hydrogen) atoms. The fraction of sp³-hybridized carbons (Fsp3) is 0.538. The monoisotopic (exact) mass is 222 g/mol. The number of rotatable bonds is 7. The van der Waals surface area contributed by atoms with Gasteiger partial charge in [0.2, 0.25) is 12.0 Å². The van der Waals surface area contributed by atoms with Gasteiger partial charge in [0.25, 0.3) is 5.69 Å². The van der Waals surface area contributed by atoms with Crippen LogP contribution in [0.1, 0.15) is 50.0 Å². The van der Waals surface area contributed by atoms with Gasteiger partial charge in [-0.25, -0.2) is 0 Å². The first kappa shape index (κ1) is 12.7. The van der Waals surface area contributed by atoms with Crippen LogP contribution in [0.2, 0.25) is 0 Å². The van der Waals surface area contributed by atoms with E-state index in [9.17, 15) is 4.79 Å². The molecule has 0 saturated carbocycles. The van der Waals surface area contributed by atoms with E-state index in [1.54, 1.807) is 10.9 Å². The predicted octanol–water partition coefficient (Wildman–Crippen LogP) is 2.19. The van der Waals surface area contributed by atoms with E-state index in [1.807, 2.05) is 25.1 Å². The van der Waals surface area contributed by atoms with Crippen LogP contribution in [0.4, 0.5) is 0 Å². The summed E-state index contributed by atoms with van der Waals surface area (Å²) in [6, 6.07) is 5.53. The fourth-order valence-electron chi connectivity index (χ4n) is 1.56. The maximum Gasteiger partial charge on any atom is 0.300 e. The molecule has 0 N–H and O–H groups in total. The Morgan fingerprint density at radius 3 is 2.81 bits per heavy atom. The van der Waals surface area contributed by atoms with E-state index in [1.165, 1.54) is 0 Å². The number of Topliss-reactive ketones (excluding diaryl/α,β-unsaturated/α-hetero) is 1. The number of ketones is 1. The average molecular weight is 222 g/mol. The molecule has 0 spiro atoms. The molecule has 0 atom stereocenters. The smallest absolute Gasteiger partial charge is 0.287 e. The summed E-state index contributed by atoms with van der Waals surface area (Å²) in [5.41, 5.74) is 0.639. The zero-order valence-electron chi connectivity index (χ0n) is 10.1. The van der Waals surface area contributed by atoms with Crippen LogP contribution in [0.25, 0.3) is 0 Å². The molecule has 0 aliphatic carbocycles. The number of nitrogens with zero attached hydrogens (tertiary/aromatic N) is 1. The van der Waals surface area contributed by atoms with Crippen LogP contribution in [0.5, 0.6) is 0 Å². The molecule has 1 aromatic heterocycles. The minimum Gasteiger partial charge on any atom is -0.287 e. The Hall–Kier alpha value is -1.38. The first-order valence-electron chi connectivity index (χ1n) is 5.96. The number of pyridine rings is 1. The lowest BCUT2D eigenvalue weighted by Crippen LogP contribution is -2.47. The van der Waals surface area contributed by atoms with Crippen molar-refractivity contribution in [3.8, 4) is 0 Å².